The molecule has 18 heavy (non-hydrogen) atoms. The van der Waals surface area contributed by atoms with Crippen molar-refractivity contribution in [3.8, 4) is 5.75 Å². The predicted molar refractivity (Wildman–Crippen MR) is 72.4 cm³/mol. The van der Waals surface area contributed by atoms with Crippen LogP contribution < -0.4 is 10.5 Å². The lowest BCUT2D eigenvalue weighted by atomic mass is 10.1. The van der Waals surface area contributed by atoms with E-state index in [1.54, 1.807) is 6.20 Å². The van der Waals surface area contributed by atoms with Crippen LogP contribution in [-0.4, -0.2) is 11.0 Å². The summed E-state index contributed by atoms with van der Waals surface area (Å²) < 4.78 is 5.66. The summed E-state index contributed by atoms with van der Waals surface area (Å²) in [4.78, 5) is 4.21. The summed E-state index contributed by atoms with van der Waals surface area (Å²) in [5.41, 5.74) is 7.92. The van der Waals surface area contributed by atoms with Crippen LogP contribution in [0.15, 0.2) is 48.7 Å². The molecule has 0 aliphatic rings. The lowest BCUT2D eigenvalue weighted by Crippen LogP contribution is -2.17. The van der Waals surface area contributed by atoms with E-state index in [0.717, 1.165) is 17.9 Å². The van der Waals surface area contributed by atoms with Gasteiger partial charge >= 0.3 is 0 Å². The van der Waals surface area contributed by atoms with Gasteiger partial charge < -0.3 is 10.5 Å². The molecular formula is C15H18N2O. The Hall–Kier alpha value is -1.87. The second kappa shape index (κ2) is 6.17. The van der Waals surface area contributed by atoms with Gasteiger partial charge in [0.15, 0.2) is 0 Å². The van der Waals surface area contributed by atoms with Crippen molar-refractivity contribution < 1.29 is 4.74 Å². The smallest absolute Gasteiger partial charge is 0.130 e. The fourth-order valence-corrected chi connectivity index (χ4v) is 1.73. The number of hydrogen-bond donors (Lipinski definition) is 1. The zero-order valence-corrected chi connectivity index (χ0v) is 10.5. The molecule has 0 aliphatic carbocycles. The van der Waals surface area contributed by atoms with Crippen LogP contribution in [-0.2, 0) is 13.0 Å². The molecule has 2 aromatic rings. The Morgan fingerprint density at radius 3 is 2.56 bits per heavy atom. The second-order valence-corrected chi connectivity index (χ2v) is 4.44. The van der Waals surface area contributed by atoms with Crippen LogP contribution in [0.3, 0.4) is 0 Å². The minimum absolute atomic E-state index is 0.185. The van der Waals surface area contributed by atoms with E-state index in [9.17, 15) is 0 Å². The van der Waals surface area contributed by atoms with Crippen molar-refractivity contribution in [2.75, 3.05) is 0 Å². The van der Waals surface area contributed by atoms with Gasteiger partial charge in [-0.3, -0.25) is 4.98 Å². The molecule has 3 heteroatoms. The molecular weight excluding hydrogens is 224 g/mol. The molecule has 94 valence electrons. The lowest BCUT2D eigenvalue weighted by Gasteiger charge is -2.08. The van der Waals surface area contributed by atoms with Gasteiger partial charge in [-0.2, -0.15) is 0 Å². The minimum Gasteiger partial charge on any atom is -0.487 e. The summed E-state index contributed by atoms with van der Waals surface area (Å²) in [6, 6.07) is 14.0. The van der Waals surface area contributed by atoms with Gasteiger partial charge in [0.25, 0.3) is 0 Å². The van der Waals surface area contributed by atoms with E-state index >= 15 is 0 Å². The second-order valence-electron chi connectivity index (χ2n) is 4.44. The maximum atomic E-state index is 5.76. The van der Waals surface area contributed by atoms with E-state index in [0.29, 0.717) is 6.61 Å². The summed E-state index contributed by atoms with van der Waals surface area (Å²) in [5.74, 6) is 0.856. The monoisotopic (exact) mass is 242 g/mol. The number of pyridine rings is 1. The van der Waals surface area contributed by atoms with Crippen molar-refractivity contribution in [2.24, 2.45) is 5.73 Å². The molecule has 2 N–H and O–H groups in total. The highest BCUT2D eigenvalue weighted by molar-refractivity contribution is 5.27. The van der Waals surface area contributed by atoms with E-state index in [1.807, 2.05) is 37.3 Å². The van der Waals surface area contributed by atoms with Crippen molar-refractivity contribution in [1.82, 2.24) is 4.98 Å². The molecule has 0 aliphatic heterocycles. The zero-order valence-electron chi connectivity index (χ0n) is 10.5. The average molecular weight is 242 g/mol. The Kier molecular flexibility index (Phi) is 4.31. The summed E-state index contributed by atoms with van der Waals surface area (Å²) in [6.07, 6.45) is 2.66. The third-order valence-corrected chi connectivity index (χ3v) is 2.59. The average Bonchev–Trinajstić information content (AvgIpc) is 2.38. The van der Waals surface area contributed by atoms with Gasteiger partial charge in [-0.1, -0.05) is 18.2 Å². The SMILES string of the molecule is CC(N)Cc1ccc(OCc2ccccn2)cc1. The maximum Gasteiger partial charge on any atom is 0.130 e. The molecule has 0 fully saturated rings. The number of nitrogens with two attached hydrogens (primary N) is 1. The number of benzene rings is 1. The third kappa shape index (κ3) is 3.86. The number of aromatic nitrogens is 1. The van der Waals surface area contributed by atoms with Crippen LogP contribution in [0, 0.1) is 0 Å². The molecule has 1 aromatic carbocycles. The van der Waals surface area contributed by atoms with Crippen molar-refractivity contribution >= 4 is 0 Å². The van der Waals surface area contributed by atoms with E-state index in [4.69, 9.17) is 10.5 Å². The molecule has 0 spiro atoms. The highest BCUT2D eigenvalue weighted by atomic mass is 16.5. The minimum atomic E-state index is 0.185. The summed E-state index contributed by atoms with van der Waals surface area (Å²) in [7, 11) is 0. The summed E-state index contributed by atoms with van der Waals surface area (Å²) in [5, 5.41) is 0. The maximum absolute atomic E-state index is 5.76. The normalized spacial score (nSPS) is 12.1. The van der Waals surface area contributed by atoms with Gasteiger partial charge in [0.2, 0.25) is 0 Å². The molecule has 0 amide bonds. The van der Waals surface area contributed by atoms with Gasteiger partial charge in [0.1, 0.15) is 12.4 Å². The van der Waals surface area contributed by atoms with Gasteiger partial charge in [-0.15, -0.1) is 0 Å². The fraction of sp³-hybridized carbons (Fsp3) is 0.267. The first-order valence-corrected chi connectivity index (χ1v) is 6.11. The lowest BCUT2D eigenvalue weighted by molar-refractivity contribution is 0.301. The third-order valence-electron chi connectivity index (χ3n) is 2.59. The standard InChI is InChI=1S/C15H18N2O/c1-12(16)10-13-5-7-15(8-6-13)18-11-14-4-2-3-9-17-14/h2-9,12H,10-11,16H2,1H3. The molecule has 2 rings (SSSR count). The predicted octanol–water partition coefficient (Wildman–Crippen LogP) is 2.55. The number of nitrogens with zero attached hydrogens (tertiary/aromatic N) is 1. The largest absolute Gasteiger partial charge is 0.487 e. The first-order chi connectivity index (χ1) is 8.74. The molecule has 1 atom stereocenters. The van der Waals surface area contributed by atoms with Crippen molar-refractivity contribution in [3.05, 3.63) is 59.9 Å². The number of ether oxygens (including phenoxy) is 1. The molecule has 0 saturated heterocycles. The van der Waals surface area contributed by atoms with E-state index in [-0.39, 0.29) is 6.04 Å². The molecule has 1 aromatic heterocycles. The van der Waals surface area contributed by atoms with Crippen molar-refractivity contribution in [1.29, 1.82) is 0 Å². The van der Waals surface area contributed by atoms with E-state index in [1.165, 1.54) is 5.56 Å². The first kappa shape index (κ1) is 12.6. The van der Waals surface area contributed by atoms with Gasteiger partial charge in [-0.25, -0.2) is 0 Å². The molecule has 1 heterocycles. The molecule has 0 radical (unpaired) electrons. The van der Waals surface area contributed by atoms with Gasteiger partial charge in [0, 0.05) is 12.2 Å². The van der Waals surface area contributed by atoms with Crippen LogP contribution in [0.1, 0.15) is 18.2 Å². The molecule has 0 bridgehead atoms. The highest BCUT2D eigenvalue weighted by Crippen LogP contribution is 2.14. The van der Waals surface area contributed by atoms with Crippen LogP contribution in [0.2, 0.25) is 0 Å². The summed E-state index contributed by atoms with van der Waals surface area (Å²) >= 11 is 0. The Morgan fingerprint density at radius 1 is 1.17 bits per heavy atom. The molecule has 3 nitrogen and oxygen atoms in total. The van der Waals surface area contributed by atoms with E-state index in [2.05, 4.69) is 17.1 Å². The number of rotatable bonds is 5. The summed E-state index contributed by atoms with van der Waals surface area (Å²) in [6.45, 7) is 2.50. The van der Waals surface area contributed by atoms with Crippen molar-refractivity contribution in [3.63, 3.8) is 0 Å². The number of hydrogen-bond acceptors (Lipinski definition) is 3. The van der Waals surface area contributed by atoms with Crippen LogP contribution >= 0.6 is 0 Å². The van der Waals surface area contributed by atoms with Crippen LogP contribution in [0.5, 0.6) is 5.75 Å². The molecule has 1 unspecified atom stereocenters. The molecule has 0 saturated carbocycles. The Bertz CT molecular complexity index is 466. The zero-order chi connectivity index (χ0) is 12.8. The Labute approximate surface area is 108 Å². The Balaban J connectivity index is 1.90. The highest BCUT2D eigenvalue weighted by Gasteiger charge is 1.99. The van der Waals surface area contributed by atoms with Crippen molar-refractivity contribution in [2.45, 2.75) is 26.0 Å². The van der Waals surface area contributed by atoms with Gasteiger partial charge in [-0.05, 0) is 43.2 Å². The van der Waals surface area contributed by atoms with E-state index < -0.39 is 0 Å². The topological polar surface area (TPSA) is 48.1 Å². The van der Waals surface area contributed by atoms with Crippen LogP contribution in [0.4, 0.5) is 0 Å². The van der Waals surface area contributed by atoms with Gasteiger partial charge in [0.05, 0.1) is 5.69 Å². The Morgan fingerprint density at radius 2 is 1.94 bits per heavy atom. The first-order valence-electron chi connectivity index (χ1n) is 6.11. The fourth-order valence-electron chi connectivity index (χ4n) is 1.73. The van der Waals surface area contributed by atoms with Crippen LogP contribution in [0.25, 0.3) is 0 Å². The quantitative estimate of drug-likeness (QED) is 0.876.